The van der Waals surface area contributed by atoms with E-state index < -0.39 is 11.8 Å². The number of carbonyl (C=O) groups excluding carboxylic acids is 1. The van der Waals surface area contributed by atoms with Crippen LogP contribution in [0.25, 0.3) is 10.6 Å². The fourth-order valence-corrected chi connectivity index (χ4v) is 2.61. The molecule has 0 aliphatic heterocycles. The van der Waals surface area contributed by atoms with Crippen molar-refractivity contribution in [2.75, 3.05) is 5.32 Å². The van der Waals surface area contributed by atoms with Crippen LogP contribution in [0.2, 0.25) is 0 Å². The highest BCUT2D eigenvalue weighted by molar-refractivity contribution is 7.14. The van der Waals surface area contributed by atoms with E-state index >= 15 is 0 Å². The Labute approximate surface area is 135 Å². The van der Waals surface area contributed by atoms with Crippen LogP contribution in [0.15, 0.2) is 48.8 Å². The second-order valence-electron chi connectivity index (χ2n) is 4.53. The molecule has 3 aromatic rings. The Bertz CT molecular complexity index is 808. The van der Waals surface area contributed by atoms with Crippen molar-refractivity contribution in [3.05, 3.63) is 59.6 Å². The minimum absolute atomic E-state index is 0.0692. The molecule has 8 heteroatoms. The van der Waals surface area contributed by atoms with E-state index in [9.17, 15) is 9.18 Å². The molecule has 2 aromatic heterocycles. The van der Waals surface area contributed by atoms with Crippen molar-refractivity contribution in [3.8, 4) is 10.6 Å². The molecule has 0 aliphatic carbocycles. The summed E-state index contributed by atoms with van der Waals surface area (Å²) in [6.07, 6.45) is 2.43. The molecule has 2 heterocycles. The molecule has 0 bridgehead atoms. The number of aromatic nitrogens is 3. The first-order valence-electron chi connectivity index (χ1n) is 6.74. The molecule has 2 N–H and O–H groups in total. The molecule has 0 radical (unpaired) electrons. The summed E-state index contributed by atoms with van der Waals surface area (Å²) < 4.78 is 13.4. The van der Waals surface area contributed by atoms with Gasteiger partial charge in [0.25, 0.3) is 0 Å². The summed E-state index contributed by atoms with van der Waals surface area (Å²) in [5, 5.41) is 14.6. The van der Waals surface area contributed by atoms with Crippen LogP contribution in [0, 0.1) is 5.82 Å². The Hall–Kier alpha value is -2.87. The van der Waals surface area contributed by atoms with Gasteiger partial charge in [0.05, 0.1) is 18.4 Å². The fourth-order valence-electron chi connectivity index (χ4n) is 1.82. The standard InChI is InChI=1S/C15H12FN5OS/c16-11-8-17-7-6-12(11)19-15(22)18-9-13-20-21-14(23-13)10-4-2-1-3-5-10/h1-8H,9H2,(H2,17,18,19,22). The first kappa shape index (κ1) is 15.0. The van der Waals surface area contributed by atoms with Gasteiger partial charge < -0.3 is 10.6 Å². The number of hydrogen-bond acceptors (Lipinski definition) is 5. The van der Waals surface area contributed by atoms with Crippen LogP contribution < -0.4 is 10.6 Å². The number of nitrogens with zero attached hydrogens (tertiary/aromatic N) is 3. The fraction of sp³-hybridized carbons (Fsp3) is 0.0667. The summed E-state index contributed by atoms with van der Waals surface area (Å²) in [6, 6.07) is 10.5. The lowest BCUT2D eigenvalue weighted by molar-refractivity contribution is 0.251. The van der Waals surface area contributed by atoms with Crippen LogP contribution in [-0.4, -0.2) is 21.2 Å². The quantitative estimate of drug-likeness (QED) is 0.771. The maximum Gasteiger partial charge on any atom is 0.319 e. The summed E-state index contributed by atoms with van der Waals surface area (Å²) in [5.74, 6) is -0.593. The minimum atomic E-state index is -0.593. The number of nitrogens with one attached hydrogen (secondary N) is 2. The molecule has 1 aromatic carbocycles. The molecular weight excluding hydrogens is 317 g/mol. The highest BCUT2D eigenvalue weighted by atomic mass is 32.1. The maximum absolute atomic E-state index is 13.4. The van der Waals surface area contributed by atoms with Gasteiger partial charge in [-0.3, -0.25) is 4.98 Å². The molecule has 2 amide bonds. The van der Waals surface area contributed by atoms with Gasteiger partial charge in [-0.05, 0) is 6.07 Å². The molecule has 0 aliphatic rings. The SMILES string of the molecule is O=C(NCc1nnc(-c2ccccc2)s1)Nc1ccncc1F. The average molecular weight is 329 g/mol. The van der Waals surface area contributed by atoms with E-state index in [1.807, 2.05) is 30.3 Å². The van der Waals surface area contributed by atoms with Gasteiger partial charge in [-0.15, -0.1) is 10.2 Å². The van der Waals surface area contributed by atoms with Gasteiger partial charge in [0.2, 0.25) is 0 Å². The van der Waals surface area contributed by atoms with Gasteiger partial charge in [-0.25, -0.2) is 9.18 Å². The Morgan fingerprint density at radius 1 is 1.17 bits per heavy atom. The number of carbonyl (C=O) groups is 1. The van der Waals surface area contributed by atoms with Crippen LogP contribution in [-0.2, 0) is 6.54 Å². The minimum Gasteiger partial charge on any atom is -0.331 e. The number of pyridine rings is 1. The molecule has 23 heavy (non-hydrogen) atoms. The van der Waals surface area contributed by atoms with E-state index in [1.165, 1.54) is 23.6 Å². The zero-order valence-electron chi connectivity index (χ0n) is 11.9. The molecule has 0 fully saturated rings. The van der Waals surface area contributed by atoms with E-state index in [0.29, 0.717) is 5.01 Å². The van der Waals surface area contributed by atoms with E-state index in [1.54, 1.807) is 0 Å². The average Bonchev–Trinajstić information content (AvgIpc) is 3.05. The smallest absolute Gasteiger partial charge is 0.319 e. The number of anilines is 1. The van der Waals surface area contributed by atoms with E-state index in [0.717, 1.165) is 16.8 Å². The molecule has 0 unspecified atom stereocenters. The Kier molecular flexibility index (Phi) is 4.53. The van der Waals surface area contributed by atoms with Crippen LogP contribution in [0.1, 0.15) is 5.01 Å². The lowest BCUT2D eigenvalue weighted by Gasteiger charge is -2.06. The summed E-state index contributed by atoms with van der Waals surface area (Å²) in [7, 11) is 0. The zero-order valence-corrected chi connectivity index (χ0v) is 12.7. The number of amides is 2. The largest absolute Gasteiger partial charge is 0.331 e. The van der Waals surface area contributed by atoms with Gasteiger partial charge in [-0.2, -0.15) is 0 Å². The van der Waals surface area contributed by atoms with Gasteiger partial charge in [-0.1, -0.05) is 41.7 Å². The molecule has 0 saturated carbocycles. The van der Waals surface area contributed by atoms with Gasteiger partial charge in [0, 0.05) is 11.8 Å². The summed E-state index contributed by atoms with van der Waals surface area (Å²) in [5.41, 5.74) is 1.04. The maximum atomic E-state index is 13.4. The topological polar surface area (TPSA) is 79.8 Å². The Balaban J connectivity index is 1.58. The number of hydrogen-bond donors (Lipinski definition) is 2. The van der Waals surface area contributed by atoms with Crippen molar-refractivity contribution in [1.82, 2.24) is 20.5 Å². The molecule has 3 rings (SSSR count). The summed E-state index contributed by atoms with van der Waals surface area (Å²) in [6.45, 7) is 0.211. The van der Waals surface area contributed by atoms with Crippen LogP contribution in [0.4, 0.5) is 14.9 Å². The second-order valence-corrected chi connectivity index (χ2v) is 5.59. The lowest BCUT2D eigenvalue weighted by Crippen LogP contribution is -2.28. The molecule has 116 valence electrons. The zero-order chi connectivity index (χ0) is 16.1. The predicted molar refractivity (Wildman–Crippen MR) is 85.4 cm³/mol. The van der Waals surface area contributed by atoms with Crippen molar-refractivity contribution in [2.45, 2.75) is 6.54 Å². The number of rotatable bonds is 4. The molecule has 0 spiro atoms. The highest BCUT2D eigenvalue weighted by Gasteiger charge is 2.09. The van der Waals surface area contributed by atoms with Crippen molar-refractivity contribution in [3.63, 3.8) is 0 Å². The van der Waals surface area contributed by atoms with Gasteiger partial charge in [0.15, 0.2) is 5.82 Å². The molecule has 0 saturated heterocycles. The third-order valence-electron chi connectivity index (χ3n) is 2.91. The number of benzene rings is 1. The summed E-state index contributed by atoms with van der Waals surface area (Å²) in [4.78, 5) is 15.4. The summed E-state index contributed by atoms with van der Waals surface area (Å²) >= 11 is 1.39. The van der Waals surface area contributed by atoms with Gasteiger partial charge in [0.1, 0.15) is 10.0 Å². The van der Waals surface area contributed by atoms with Crippen molar-refractivity contribution >= 4 is 23.1 Å². The van der Waals surface area contributed by atoms with Crippen LogP contribution >= 0.6 is 11.3 Å². The lowest BCUT2D eigenvalue weighted by atomic mass is 10.2. The predicted octanol–water partition coefficient (Wildman–Crippen LogP) is 3.06. The van der Waals surface area contributed by atoms with E-state index in [4.69, 9.17) is 0 Å². The molecule has 6 nitrogen and oxygen atoms in total. The molecular formula is C15H12FN5OS. The number of halogens is 1. The van der Waals surface area contributed by atoms with Crippen molar-refractivity contribution in [1.29, 1.82) is 0 Å². The Morgan fingerprint density at radius 3 is 2.78 bits per heavy atom. The van der Waals surface area contributed by atoms with Crippen molar-refractivity contribution < 1.29 is 9.18 Å². The third-order valence-corrected chi connectivity index (χ3v) is 3.88. The third kappa shape index (κ3) is 3.86. The normalized spacial score (nSPS) is 10.3. The molecule has 0 atom stereocenters. The monoisotopic (exact) mass is 329 g/mol. The van der Waals surface area contributed by atoms with Gasteiger partial charge >= 0.3 is 6.03 Å². The first-order valence-corrected chi connectivity index (χ1v) is 7.56. The van der Waals surface area contributed by atoms with E-state index in [2.05, 4.69) is 25.8 Å². The number of urea groups is 1. The first-order chi connectivity index (χ1) is 11.2. The van der Waals surface area contributed by atoms with E-state index in [-0.39, 0.29) is 12.2 Å². The second kappa shape index (κ2) is 6.93. The highest BCUT2D eigenvalue weighted by Crippen LogP contribution is 2.22. The van der Waals surface area contributed by atoms with Crippen molar-refractivity contribution in [2.24, 2.45) is 0 Å². The Morgan fingerprint density at radius 2 is 2.00 bits per heavy atom. The van der Waals surface area contributed by atoms with Crippen LogP contribution in [0.5, 0.6) is 0 Å². The van der Waals surface area contributed by atoms with Crippen LogP contribution in [0.3, 0.4) is 0 Å².